The maximum atomic E-state index is 2.40. The van der Waals surface area contributed by atoms with Crippen LogP contribution in [0, 0.1) is 0 Å². The van der Waals surface area contributed by atoms with Gasteiger partial charge in [0.1, 0.15) is 0 Å². The average Bonchev–Trinajstić information content (AvgIpc) is 2.77. The maximum Gasteiger partial charge on any atom is 0.0159 e. The Bertz CT molecular complexity index is 1580. The molecule has 0 radical (unpaired) electrons. The van der Waals surface area contributed by atoms with Crippen molar-refractivity contribution >= 4 is 38.4 Å². The number of allylic oxidation sites excluding steroid dienone is 1. The minimum Gasteiger partial charge on any atom is -0.0795 e. The zero-order chi connectivity index (χ0) is 20.0. The Hall–Kier alpha value is -3.38. The molecule has 0 aliphatic heterocycles. The average molecular weight is 383 g/mol. The van der Waals surface area contributed by atoms with Crippen LogP contribution in [0.15, 0.2) is 78.9 Å². The third kappa shape index (κ3) is 1.92. The zero-order valence-electron chi connectivity index (χ0n) is 17.3. The third-order valence-corrected chi connectivity index (χ3v) is 7.42. The second kappa shape index (κ2) is 5.40. The molecule has 2 aliphatic carbocycles. The summed E-state index contributed by atoms with van der Waals surface area (Å²) in [6.45, 7) is 4.79. The standard InChI is InChI=1S/C30H22/c1-30(2)25-15-12-22-16-20-6-3-4-7-21(20)17-24(22)28(25)23-13-10-18-8-5-9-19-11-14-26(30)29(23)27(18)19/h3-7,9-17H,8H2,1-2H3. The predicted molar refractivity (Wildman–Crippen MR) is 129 cm³/mol. The second-order valence-corrected chi connectivity index (χ2v) is 9.36. The predicted octanol–water partition coefficient (Wildman–Crippen LogP) is 8.02. The van der Waals surface area contributed by atoms with Crippen LogP contribution in [0.5, 0.6) is 0 Å². The van der Waals surface area contributed by atoms with E-state index in [9.17, 15) is 0 Å². The number of fused-ring (bicyclic) bond motifs is 5. The summed E-state index contributed by atoms with van der Waals surface area (Å²) in [6.07, 6.45) is 5.62. The topological polar surface area (TPSA) is 0 Å². The zero-order valence-corrected chi connectivity index (χ0v) is 17.3. The first-order valence-electron chi connectivity index (χ1n) is 10.8. The van der Waals surface area contributed by atoms with Gasteiger partial charge in [-0.05, 0) is 84.3 Å². The summed E-state index contributed by atoms with van der Waals surface area (Å²) >= 11 is 0. The van der Waals surface area contributed by atoms with Crippen LogP contribution in [-0.2, 0) is 11.8 Å². The Kier molecular flexibility index (Phi) is 2.96. The summed E-state index contributed by atoms with van der Waals surface area (Å²) in [7, 11) is 0. The molecule has 0 saturated heterocycles. The van der Waals surface area contributed by atoms with Gasteiger partial charge in [-0.1, -0.05) is 86.7 Å². The summed E-state index contributed by atoms with van der Waals surface area (Å²) in [6, 6.07) is 27.6. The number of benzene rings is 5. The van der Waals surface area contributed by atoms with E-state index in [4.69, 9.17) is 0 Å². The molecule has 0 aromatic heterocycles. The highest BCUT2D eigenvalue weighted by atomic mass is 14.4. The van der Waals surface area contributed by atoms with Crippen molar-refractivity contribution in [3.05, 3.63) is 101 Å². The van der Waals surface area contributed by atoms with Crippen LogP contribution in [0.25, 0.3) is 49.5 Å². The van der Waals surface area contributed by atoms with Gasteiger partial charge in [-0.2, -0.15) is 0 Å². The van der Waals surface area contributed by atoms with E-state index in [2.05, 4.69) is 98.8 Å². The molecule has 0 heterocycles. The Labute approximate surface area is 176 Å². The minimum atomic E-state index is -0.0273. The van der Waals surface area contributed by atoms with Crippen LogP contribution in [-0.4, -0.2) is 0 Å². The molecule has 30 heavy (non-hydrogen) atoms. The van der Waals surface area contributed by atoms with Crippen molar-refractivity contribution in [2.24, 2.45) is 0 Å². The van der Waals surface area contributed by atoms with Gasteiger partial charge in [-0.25, -0.2) is 0 Å². The fourth-order valence-electron chi connectivity index (χ4n) is 5.92. The molecule has 0 heteroatoms. The molecule has 0 saturated carbocycles. The van der Waals surface area contributed by atoms with E-state index < -0.39 is 0 Å². The smallest absolute Gasteiger partial charge is 0.0159 e. The molecule has 7 rings (SSSR count). The molecule has 5 aromatic carbocycles. The molecular formula is C30H22. The fourth-order valence-corrected chi connectivity index (χ4v) is 5.92. The highest BCUT2D eigenvalue weighted by Gasteiger charge is 2.35. The van der Waals surface area contributed by atoms with Crippen molar-refractivity contribution < 1.29 is 0 Å². The lowest BCUT2D eigenvalue weighted by Crippen LogP contribution is -2.24. The second-order valence-electron chi connectivity index (χ2n) is 9.36. The van der Waals surface area contributed by atoms with E-state index in [0.717, 1.165) is 6.42 Å². The van der Waals surface area contributed by atoms with Gasteiger partial charge in [0, 0.05) is 5.41 Å². The SMILES string of the molecule is CC1(C)c2ccc3cc4ccccc4cc3c2-c2ccc3c4c(ccc1c24)C=CC3. The third-order valence-electron chi connectivity index (χ3n) is 7.42. The maximum absolute atomic E-state index is 2.40. The van der Waals surface area contributed by atoms with Crippen LogP contribution in [0.1, 0.15) is 36.1 Å². The first kappa shape index (κ1) is 16.4. The molecule has 0 atom stereocenters. The molecule has 0 spiro atoms. The van der Waals surface area contributed by atoms with Gasteiger partial charge in [-0.15, -0.1) is 0 Å². The quantitative estimate of drug-likeness (QED) is 0.238. The van der Waals surface area contributed by atoms with Gasteiger partial charge in [0.25, 0.3) is 0 Å². The molecule has 0 bridgehead atoms. The highest BCUT2D eigenvalue weighted by Crippen LogP contribution is 2.52. The van der Waals surface area contributed by atoms with Crippen LogP contribution in [0.3, 0.4) is 0 Å². The summed E-state index contributed by atoms with van der Waals surface area (Å²) in [5.41, 5.74) is 8.51. The van der Waals surface area contributed by atoms with Crippen LogP contribution < -0.4 is 0 Å². The van der Waals surface area contributed by atoms with Crippen molar-refractivity contribution in [3.63, 3.8) is 0 Å². The van der Waals surface area contributed by atoms with Gasteiger partial charge in [0.2, 0.25) is 0 Å². The summed E-state index contributed by atoms with van der Waals surface area (Å²) in [5.74, 6) is 0. The lowest BCUT2D eigenvalue weighted by molar-refractivity contribution is 0.646. The Morgan fingerprint density at radius 2 is 1.50 bits per heavy atom. The first-order chi connectivity index (χ1) is 14.6. The first-order valence-corrected chi connectivity index (χ1v) is 10.8. The van der Waals surface area contributed by atoms with Gasteiger partial charge in [-0.3, -0.25) is 0 Å². The molecule has 2 aliphatic rings. The largest absolute Gasteiger partial charge is 0.0795 e. The van der Waals surface area contributed by atoms with Crippen molar-refractivity contribution in [1.29, 1.82) is 0 Å². The Balaban J connectivity index is 1.72. The molecule has 0 amide bonds. The van der Waals surface area contributed by atoms with Gasteiger partial charge in [0.15, 0.2) is 0 Å². The van der Waals surface area contributed by atoms with E-state index in [1.54, 1.807) is 0 Å². The van der Waals surface area contributed by atoms with Gasteiger partial charge in [0.05, 0.1) is 0 Å². The lowest BCUT2D eigenvalue weighted by atomic mass is 9.66. The number of hydrogen-bond acceptors (Lipinski definition) is 0. The normalized spacial score (nSPS) is 15.7. The minimum absolute atomic E-state index is 0.0273. The van der Waals surface area contributed by atoms with Crippen molar-refractivity contribution in [3.8, 4) is 11.1 Å². The molecular weight excluding hydrogens is 360 g/mol. The number of hydrogen-bond donors (Lipinski definition) is 0. The molecule has 5 aromatic rings. The summed E-state index contributed by atoms with van der Waals surface area (Å²) < 4.78 is 0. The van der Waals surface area contributed by atoms with Gasteiger partial charge < -0.3 is 0 Å². The number of rotatable bonds is 0. The van der Waals surface area contributed by atoms with E-state index in [-0.39, 0.29) is 5.41 Å². The van der Waals surface area contributed by atoms with E-state index in [1.807, 2.05) is 0 Å². The molecule has 0 fully saturated rings. The van der Waals surface area contributed by atoms with Crippen molar-refractivity contribution in [1.82, 2.24) is 0 Å². The van der Waals surface area contributed by atoms with E-state index in [1.165, 1.54) is 65.7 Å². The lowest BCUT2D eigenvalue weighted by Gasteiger charge is -2.37. The van der Waals surface area contributed by atoms with Crippen molar-refractivity contribution in [2.75, 3.05) is 0 Å². The van der Waals surface area contributed by atoms with E-state index in [0.29, 0.717) is 0 Å². The summed E-state index contributed by atoms with van der Waals surface area (Å²) in [4.78, 5) is 0. The van der Waals surface area contributed by atoms with Crippen molar-refractivity contribution in [2.45, 2.75) is 25.7 Å². The molecule has 0 unspecified atom stereocenters. The fraction of sp³-hybridized carbons (Fsp3) is 0.133. The molecule has 142 valence electrons. The van der Waals surface area contributed by atoms with Crippen LogP contribution in [0.4, 0.5) is 0 Å². The molecule has 0 N–H and O–H groups in total. The monoisotopic (exact) mass is 382 g/mol. The van der Waals surface area contributed by atoms with Crippen LogP contribution >= 0.6 is 0 Å². The Morgan fingerprint density at radius 3 is 2.37 bits per heavy atom. The highest BCUT2D eigenvalue weighted by molar-refractivity contribution is 6.15. The van der Waals surface area contributed by atoms with Crippen LogP contribution in [0.2, 0.25) is 0 Å². The van der Waals surface area contributed by atoms with Gasteiger partial charge >= 0.3 is 0 Å². The Morgan fingerprint density at radius 1 is 0.700 bits per heavy atom. The van der Waals surface area contributed by atoms with E-state index >= 15 is 0 Å². The molecule has 0 nitrogen and oxygen atoms in total. The summed E-state index contributed by atoms with van der Waals surface area (Å²) in [5, 5.41) is 8.25.